The molecular formula is C13H28BCl2N3O5. The summed E-state index contributed by atoms with van der Waals surface area (Å²) in [6.45, 7) is 2.19. The second kappa shape index (κ2) is 11.1. The van der Waals surface area contributed by atoms with Gasteiger partial charge in [0.15, 0.2) is 0 Å². The summed E-state index contributed by atoms with van der Waals surface area (Å²) in [7, 11) is -1.45. The Morgan fingerprint density at radius 1 is 1.38 bits per heavy atom. The first-order valence-corrected chi connectivity index (χ1v) is 7.62. The number of nitrogens with zero attached hydrogens (tertiary/aromatic N) is 1. The van der Waals surface area contributed by atoms with Crippen molar-refractivity contribution in [2.45, 2.75) is 50.5 Å². The molecule has 1 heterocycles. The third kappa shape index (κ3) is 7.12. The number of hydrogen-bond donors (Lipinski definition) is 5. The highest BCUT2D eigenvalue weighted by molar-refractivity contribution is 6.40. The fourth-order valence-electron chi connectivity index (χ4n) is 2.93. The third-order valence-corrected chi connectivity index (χ3v) is 4.09. The molecule has 0 aliphatic carbocycles. The third-order valence-electron chi connectivity index (χ3n) is 4.09. The van der Waals surface area contributed by atoms with E-state index in [9.17, 15) is 14.7 Å². The van der Waals surface area contributed by atoms with Gasteiger partial charge in [-0.15, -0.1) is 24.8 Å². The maximum Gasteiger partial charge on any atom is 0.451 e. The smallest absolute Gasteiger partial charge is 0.451 e. The normalized spacial score (nSPS) is 24.4. The summed E-state index contributed by atoms with van der Waals surface area (Å²) in [5, 5.41) is 27.3. The minimum Gasteiger partial charge on any atom is -0.480 e. The zero-order valence-electron chi connectivity index (χ0n) is 13.8. The van der Waals surface area contributed by atoms with Crippen molar-refractivity contribution in [3.63, 3.8) is 0 Å². The van der Waals surface area contributed by atoms with Gasteiger partial charge >= 0.3 is 13.1 Å². The molecule has 3 atom stereocenters. The molecule has 0 spiro atoms. The predicted octanol–water partition coefficient (Wildman–Crippen LogP) is -0.549. The Kier molecular flexibility index (Phi) is 11.9. The second-order valence-electron chi connectivity index (χ2n) is 6.20. The molecule has 0 aromatic carbocycles. The molecule has 142 valence electrons. The number of amides is 1. The van der Waals surface area contributed by atoms with Gasteiger partial charge in [-0.25, -0.2) is 0 Å². The van der Waals surface area contributed by atoms with Crippen molar-refractivity contribution in [3.8, 4) is 0 Å². The van der Waals surface area contributed by atoms with Crippen molar-refractivity contribution in [1.82, 2.24) is 4.90 Å². The molecule has 7 N–H and O–H groups in total. The molecule has 0 aromatic rings. The Morgan fingerprint density at radius 3 is 2.42 bits per heavy atom. The number of carboxylic acid groups (broad SMARTS) is 1. The summed E-state index contributed by atoms with van der Waals surface area (Å²) in [6, 6.07) is -0.662. The van der Waals surface area contributed by atoms with E-state index in [2.05, 4.69) is 0 Å². The van der Waals surface area contributed by atoms with E-state index in [1.165, 1.54) is 4.90 Å². The number of likely N-dealkylation sites (tertiary alicyclic amines) is 1. The Labute approximate surface area is 154 Å². The van der Waals surface area contributed by atoms with E-state index in [0.717, 1.165) is 6.42 Å². The first kappa shape index (κ1) is 25.7. The van der Waals surface area contributed by atoms with Crippen LogP contribution in [0.2, 0.25) is 6.32 Å². The number of carboxylic acids is 1. The number of carbonyl (C=O) groups is 2. The van der Waals surface area contributed by atoms with E-state index in [1.807, 2.05) is 6.92 Å². The fraction of sp³-hybridized carbons (Fsp3) is 0.846. The Morgan fingerprint density at radius 2 is 1.96 bits per heavy atom. The minimum atomic E-state index is -1.52. The molecule has 1 fully saturated rings. The number of nitrogens with two attached hydrogens (primary N) is 2. The Bertz CT molecular complexity index is 419. The molecule has 1 aliphatic heterocycles. The maximum atomic E-state index is 12.3. The van der Waals surface area contributed by atoms with Crippen LogP contribution in [0, 0.1) is 5.92 Å². The molecule has 1 aliphatic rings. The zero-order valence-corrected chi connectivity index (χ0v) is 15.4. The van der Waals surface area contributed by atoms with Gasteiger partial charge in [-0.05, 0) is 25.1 Å². The van der Waals surface area contributed by atoms with Crippen LogP contribution in [-0.2, 0) is 9.59 Å². The van der Waals surface area contributed by atoms with Crippen LogP contribution in [0.15, 0.2) is 0 Å². The standard InChI is InChI=1S/C13H26BN3O5.2ClH/c1-2-3-10(15)11(18)17-7-9(4-5-14(21)22)6-13(16,8-17)12(19)20;;/h9-10,21-22H,2-8,15-16H2,1H3,(H,19,20);2*1H/t9-,10?,13+;;/m0../s1. The molecule has 8 nitrogen and oxygen atoms in total. The van der Waals surface area contributed by atoms with Crippen molar-refractivity contribution < 1.29 is 24.7 Å². The number of rotatable bonds is 7. The average molecular weight is 388 g/mol. The number of piperidine rings is 1. The highest BCUT2D eigenvalue weighted by Gasteiger charge is 2.44. The molecule has 0 radical (unpaired) electrons. The molecule has 1 unspecified atom stereocenters. The van der Waals surface area contributed by atoms with Gasteiger partial charge in [0.25, 0.3) is 0 Å². The van der Waals surface area contributed by atoms with Gasteiger partial charge in [-0.1, -0.05) is 19.8 Å². The molecule has 0 bridgehead atoms. The lowest BCUT2D eigenvalue weighted by Gasteiger charge is -2.42. The Hall–Kier alpha value is -0.575. The first-order chi connectivity index (χ1) is 10.2. The van der Waals surface area contributed by atoms with Gasteiger partial charge in [0.2, 0.25) is 5.91 Å². The second-order valence-corrected chi connectivity index (χ2v) is 6.20. The molecule has 0 aromatic heterocycles. The van der Waals surface area contributed by atoms with Crippen molar-refractivity contribution in [3.05, 3.63) is 0 Å². The first-order valence-electron chi connectivity index (χ1n) is 7.62. The highest BCUT2D eigenvalue weighted by atomic mass is 35.5. The number of hydrogen-bond acceptors (Lipinski definition) is 6. The quantitative estimate of drug-likeness (QED) is 0.367. The van der Waals surface area contributed by atoms with Crippen molar-refractivity contribution in [2.24, 2.45) is 17.4 Å². The van der Waals surface area contributed by atoms with E-state index in [4.69, 9.17) is 21.5 Å². The van der Waals surface area contributed by atoms with Crippen molar-refractivity contribution in [2.75, 3.05) is 13.1 Å². The maximum absolute atomic E-state index is 12.3. The summed E-state index contributed by atoms with van der Waals surface area (Å²) < 4.78 is 0. The van der Waals surface area contributed by atoms with Crippen LogP contribution in [0.4, 0.5) is 0 Å². The largest absolute Gasteiger partial charge is 0.480 e. The van der Waals surface area contributed by atoms with Crippen LogP contribution in [0.25, 0.3) is 0 Å². The highest BCUT2D eigenvalue weighted by Crippen LogP contribution is 2.28. The van der Waals surface area contributed by atoms with E-state index < -0.39 is 24.7 Å². The van der Waals surface area contributed by atoms with E-state index in [1.54, 1.807) is 0 Å². The number of carbonyl (C=O) groups excluding carboxylic acids is 1. The molecule has 0 saturated carbocycles. The van der Waals surface area contributed by atoms with Crippen LogP contribution in [0.5, 0.6) is 0 Å². The van der Waals surface area contributed by atoms with Crippen LogP contribution in [0.1, 0.15) is 32.6 Å². The van der Waals surface area contributed by atoms with Crippen LogP contribution < -0.4 is 11.5 Å². The van der Waals surface area contributed by atoms with Gasteiger partial charge in [0.1, 0.15) is 5.54 Å². The van der Waals surface area contributed by atoms with Gasteiger partial charge in [-0.2, -0.15) is 0 Å². The SMILES string of the molecule is CCCC(N)C(=O)N1C[C@@H](CCB(O)O)C[C@](N)(C(=O)O)C1.Cl.Cl. The predicted molar refractivity (Wildman–Crippen MR) is 96.2 cm³/mol. The molecule has 1 amide bonds. The van der Waals surface area contributed by atoms with Gasteiger partial charge < -0.3 is 31.5 Å². The Balaban J connectivity index is 0. The van der Waals surface area contributed by atoms with Gasteiger partial charge in [0.05, 0.1) is 6.04 Å². The molecule has 11 heteroatoms. The van der Waals surface area contributed by atoms with E-state index in [-0.39, 0.29) is 55.9 Å². The van der Waals surface area contributed by atoms with Crippen molar-refractivity contribution >= 4 is 43.8 Å². The molecule has 1 rings (SSSR count). The summed E-state index contributed by atoms with van der Waals surface area (Å²) in [4.78, 5) is 25.2. The summed E-state index contributed by atoms with van der Waals surface area (Å²) in [5.41, 5.74) is 10.3. The van der Waals surface area contributed by atoms with Gasteiger partial charge in [0, 0.05) is 13.1 Å². The number of halogens is 2. The monoisotopic (exact) mass is 387 g/mol. The topological polar surface area (TPSA) is 150 Å². The lowest BCUT2D eigenvalue weighted by molar-refractivity contribution is -0.149. The zero-order chi connectivity index (χ0) is 16.9. The van der Waals surface area contributed by atoms with Crippen LogP contribution in [-0.4, -0.2) is 63.7 Å². The lowest BCUT2D eigenvalue weighted by atomic mass is 9.75. The van der Waals surface area contributed by atoms with E-state index in [0.29, 0.717) is 19.4 Å². The summed E-state index contributed by atoms with van der Waals surface area (Å²) in [5.74, 6) is -1.66. The fourth-order valence-corrected chi connectivity index (χ4v) is 2.93. The van der Waals surface area contributed by atoms with Crippen molar-refractivity contribution in [1.29, 1.82) is 0 Å². The summed E-state index contributed by atoms with van der Waals surface area (Å²) >= 11 is 0. The van der Waals surface area contributed by atoms with Crippen LogP contribution >= 0.6 is 24.8 Å². The minimum absolute atomic E-state index is 0. The van der Waals surface area contributed by atoms with Gasteiger partial charge in [-0.3, -0.25) is 9.59 Å². The molecule has 1 saturated heterocycles. The molecular weight excluding hydrogens is 360 g/mol. The summed E-state index contributed by atoms with van der Waals surface area (Å²) in [6.07, 6.45) is 1.98. The lowest BCUT2D eigenvalue weighted by Crippen LogP contribution is -2.64. The van der Waals surface area contributed by atoms with Crippen LogP contribution in [0.3, 0.4) is 0 Å². The molecule has 24 heavy (non-hydrogen) atoms. The average Bonchev–Trinajstić information content (AvgIpc) is 2.44. The number of aliphatic carboxylic acids is 1. The van der Waals surface area contributed by atoms with E-state index >= 15 is 0 Å².